The van der Waals surface area contributed by atoms with Crippen molar-refractivity contribution in [3.8, 4) is 5.75 Å². The van der Waals surface area contributed by atoms with E-state index in [9.17, 15) is 14.0 Å². The number of carbonyl (C=O) groups is 2. The van der Waals surface area contributed by atoms with Crippen molar-refractivity contribution in [1.82, 2.24) is 5.01 Å². The number of nitrogens with one attached hydrogen (secondary N) is 1. The highest BCUT2D eigenvalue weighted by Crippen LogP contribution is 2.38. The Labute approximate surface area is 218 Å². The summed E-state index contributed by atoms with van der Waals surface area (Å²) in [5.41, 5.74) is 4.42. The monoisotopic (exact) mass is 516 g/mol. The quantitative estimate of drug-likeness (QED) is 0.480. The van der Waals surface area contributed by atoms with Gasteiger partial charge in [-0.05, 0) is 42.3 Å². The lowest BCUT2D eigenvalue weighted by molar-refractivity contribution is -0.121. The zero-order valence-electron chi connectivity index (χ0n) is 20.3. The van der Waals surface area contributed by atoms with Gasteiger partial charge in [-0.15, -0.1) is 0 Å². The second-order valence-electron chi connectivity index (χ2n) is 8.85. The normalized spacial score (nSPS) is 19.0. The van der Waals surface area contributed by atoms with Gasteiger partial charge in [-0.25, -0.2) is 9.40 Å². The zero-order chi connectivity index (χ0) is 25.9. The first-order chi connectivity index (χ1) is 17.9. The summed E-state index contributed by atoms with van der Waals surface area (Å²) < 4.78 is 18.8. The summed E-state index contributed by atoms with van der Waals surface area (Å²) in [6, 6.07) is 21.1. The molecule has 0 saturated heterocycles. The summed E-state index contributed by atoms with van der Waals surface area (Å²) in [6.45, 7) is 2.02. The third kappa shape index (κ3) is 5.56. The highest BCUT2D eigenvalue weighted by Gasteiger charge is 2.39. The Balaban J connectivity index is 1.34. The molecule has 0 bridgehead atoms. The van der Waals surface area contributed by atoms with Crippen LogP contribution < -0.4 is 10.1 Å². The summed E-state index contributed by atoms with van der Waals surface area (Å²) in [5, 5.41) is 9.13. The molecule has 1 N–H and O–H groups in total. The number of amidine groups is 1. The van der Waals surface area contributed by atoms with Gasteiger partial charge in [-0.2, -0.15) is 10.1 Å². The molecule has 3 aromatic rings. The fourth-order valence-corrected chi connectivity index (χ4v) is 5.30. The molecule has 0 saturated carbocycles. The molecule has 37 heavy (non-hydrogen) atoms. The molecule has 0 spiro atoms. The average Bonchev–Trinajstić information content (AvgIpc) is 3.49. The summed E-state index contributed by atoms with van der Waals surface area (Å²) in [5.74, 6) is -0.371. The van der Waals surface area contributed by atoms with E-state index in [0.29, 0.717) is 23.0 Å². The van der Waals surface area contributed by atoms with Crippen molar-refractivity contribution in [2.24, 2.45) is 10.1 Å². The lowest BCUT2D eigenvalue weighted by Gasteiger charge is -2.23. The maximum absolute atomic E-state index is 13.6. The van der Waals surface area contributed by atoms with Gasteiger partial charge in [0, 0.05) is 24.6 Å². The Hall–Kier alpha value is -3.98. The molecule has 9 heteroatoms. The molecule has 2 aliphatic heterocycles. The van der Waals surface area contributed by atoms with E-state index in [0.717, 1.165) is 22.4 Å². The number of methoxy groups -OCH3 is 1. The van der Waals surface area contributed by atoms with Crippen LogP contribution in [0.25, 0.3) is 0 Å². The number of nitrogens with zero attached hydrogens (tertiary/aromatic N) is 3. The fourth-order valence-electron chi connectivity index (χ4n) is 4.24. The van der Waals surface area contributed by atoms with Crippen LogP contribution in [0.1, 0.15) is 35.6 Å². The van der Waals surface area contributed by atoms with Crippen molar-refractivity contribution in [3.63, 3.8) is 0 Å². The SMILES string of the molecule is COc1cccc(NC(=O)CC2SC(N3N=C(c4ccc(C)cc4)CC3c3ccc(F)cc3)=NC2=O)c1. The van der Waals surface area contributed by atoms with Crippen LogP contribution in [0.2, 0.25) is 0 Å². The number of hydrogen-bond donors (Lipinski definition) is 1. The molecule has 0 aromatic heterocycles. The van der Waals surface area contributed by atoms with Crippen LogP contribution in [0.4, 0.5) is 10.1 Å². The number of carbonyl (C=O) groups excluding carboxylic acids is 2. The molecule has 5 rings (SSSR count). The largest absolute Gasteiger partial charge is 0.497 e. The molecule has 2 heterocycles. The van der Waals surface area contributed by atoms with Gasteiger partial charge in [-0.1, -0.05) is 59.8 Å². The van der Waals surface area contributed by atoms with Crippen molar-refractivity contribution in [1.29, 1.82) is 0 Å². The number of aryl methyl sites for hydroxylation is 1. The lowest BCUT2D eigenvalue weighted by Crippen LogP contribution is -2.25. The van der Waals surface area contributed by atoms with Crippen LogP contribution in [-0.4, -0.2) is 40.1 Å². The minimum absolute atomic E-state index is 0.0305. The average molecular weight is 517 g/mol. The highest BCUT2D eigenvalue weighted by atomic mass is 32.2. The van der Waals surface area contributed by atoms with E-state index in [2.05, 4.69) is 10.3 Å². The number of thioether (sulfide) groups is 1. The minimum Gasteiger partial charge on any atom is -0.497 e. The van der Waals surface area contributed by atoms with Crippen LogP contribution in [0, 0.1) is 12.7 Å². The maximum Gasteiger partial charge on any atom is 0.262 e. The smallest absolute Gasteiger partial charge is 0.262 e. The minimum atomic E-state index is -0.659. The van der Waals surface area contributed by atoms with Crippen LogP contribution in [0.3, 0.4) is 0 Å². The van der Waals surface area contributed by atoms with Crippen molar-refractivity contribution in [3.05, 3.63) is 95.3 Å². The van der Waals surface area contributed by atoms with E-state index < -0.39 is 5.25 Å². The summed E-state index contributed by atoms with van der Waals surface area (Å²) in [6.07, 6.45) is 0.542. The molecule has 2 unspecified atom stereocenters. The van der Waals surface area contributed by atoms with Gasteiger partial charge >= 0.3 is 0 Å². The van der Waals surface area contributed by atoms with Gasteiger partial charge in [0.25, 0.3) is 5.91 Å². The molecular formula is C28H25FN4O3S. The van der Waals surface area contributed by atoms with Crippen LogP contribution in [0.5, 0.6) is 5.75 Å². The van der Waals surface area contributed by atoms with Gasteiger partial charge in [0.1, 0.15) is 16.8 Å². The second-order valence-corrected chi connectivity index (χ2v) is 10.0. The molecule has 0 aliphatic carbocycles. The van der Waals surface area contributed by atoms with Gasteiger partial charge in [0.15, 0.2) is 5.17 Å². The third-order valence-corrected chi connectivity index (χ3v) is 7.34. The molecule has 2 atom stereocenters. The standard InChI is InChI=1S/C28H25FN4O3S/c1-17-6-8-18(9-7-17)23-15-24(19-10-12-20(29)13-11-19)33(32-23)28-31-27(35)25(37-28)16-26(34)30-21-4-3-5-22(14-21)36-2/h3-14,24-25H,15-16H2,1-2H3,(H,30,34). The third-order valence-electron chi connectivity index (χ3n) is 6.20. The Morgan fingerprint density at radius 3 is 2.62 bits per heavy atom. The first kappa shape index (κ1) is 24.7. The summed E-state index contributed by atoms with van der Waals surface area (Å²) >= 11 is 1.22. The van der Waals surface area contributed by atoms with Gasteiger partial charge in [-0.3, -0.25) is 9.59 Å². The van der Waals surface area contributed by atoms with Crippen LogP contribution in [0.15, 0.2) is 82.9 Å². The van der Waals surface area contributed by atoms with Crippen molar-refractivity contribution >= 4 is 40.1 Å². The van der Waals surface area contributed by atoms with E-state index in [4.69, 9.17) is 9.84 Å². The van der Waals surface area contributed by atoms with E-state index in [1.54, 1.807) is 48.5 Å². The highest BCUT2D eigenvalue weighted by molar-refractivity contribution is 8.15. The molecule has 0 radical (unpaired) electrons. The van der Waals surface area contributed by atoms with Crippen molar-refractivity contribution < 1.29 is 18.7 Å². The molecule has 188 valence electrons. The Bertz CT molecular complexity index is 1390. The molecule has 2 amide bonds. The van der Waals surface area contributed by atoms with Crippen LogP contribution in [-0.2, 0) is 9.59 Å². The number of benzene rings is 3. The zero-order valence-corrected chi connectivity index (χ0v) is 21.2. The molecule has 2 aliphatic rings. The predicted molar refractivity (Wildman–Crippen MR) is 143 cm³/mol. The Morgan fingerprint density at radius 1 is 1.14 bits per heavy atom. The Morgan fingerprint density at radius 2 is 1.89 bits per heavy atom. The lowest BCUT2D eigenvalue weighted by atomic mass is 9.98. The molecule has 3 aromatic carbocycles. The number of ether oxygens (including phenoxy) is 1. The van der Waals surface area contributed by atoms with Crippen molar-refractivity contribution in [2.45, 2.75) is 31.1 Å². The molecule has 7 nitrogen and oxygen atoms in total. The number of hydrogen-bond acceptors (Lipinski definition) is 6. The van der Waals surface area contributed by atoms with E-state index in [1.165, 1.54) is 23.9 Å². The number of anilines is 1. The van der Waals surface area contributed by atoms with Crippen LogP contribution >= 0.6 is 11.8 Å². The summed E-state index contributed by atoms with van der Waals surface area (Å²) in [7, 11) is 1.55. The van der Waals surface area contributed by atoms with Gasteiger partial charge in [0.05, 0.1) is 18.9 Å². The van der Waals surface area contributed by atoms with Gasteiger partial charge < -0.3 is 10.1 Å². The maximum atomic E-state index is 13.6. The Kier molecular flexibility index (Phi) is 7.05. The fraction of sp³-hybridized carbons (Fsp3) is 0.214. The molecular weight excluding hydrogens is 491 g/mol. The number of amides is 2. The number of aliphatic imine (C=N–C) groups is 1. The van der Waals surface area contributed by atoms with E-state index in [1.807, 2.05) is 31.2 Å². The summed E-state index contributed by atoms with van der Waals surface area (Å²) in [4.78, 5) is 29.7. The number of rotatable bonds is 6. The predicted octanol–water partition coefficient (Wildman–Crippen LogP) is 5.32. The topological polar surface area (TPSA) is 83.4 Å². The van der Waals surface area contributed by atoms with Crippen molar-refractivity contribution in [2.75, 3.05) is 12.4 Å². The van der Waals surface area contributed by atoms with E-state index >= 15 is 0 Å². The number of hydrazone groups is 1. The first-order valence-electron chi connectivity index (χ1n) is 11.8. The first-order valence-corrected chi connectivity index (χ1v) is 12.7. The number of halogens is 1. The van der Waals surface area contributed by atoms with E-state index in [-0.39, 0.29) is 30.1 Å². The molecule has 0 fully saturated rings. The van der Waals surface area contributed by atoms with Gasteiger partial charge in [0.2, 0.25) is 5.91 Å². The second kappa shape index (κ2) is 10.6.